The van der Waals surface area contributed by atoms with Gasteiger partial charge < -0.3 is 4.98 Å². The molecule has 0 saturated carbocycles. The minimum Gasteiger partial charge on any atom is -0.361 e. The quantitative estimate of drug-likeness (QED) is 0.737. The molecule has 14 heavy (non-hydrogen) atoms. The molecule has 2 heterocycles. The van der Waals surface area contributed by atoms with E-state index in [1.807, 2.05) is 13.0 Å². The van der Waals surface area contributed by atoms with Crippen LogP contribution in [0.15, 0.2) is 41.6 Å². The molecule has 2 rings (SSSR count). The highest BCUT2D eigenvalue weighted by Gasteiger charge is 2.01. The predicted molar refractivity (Wildman–Crippen MR) is 55.0 cm³/mol. The van der Waals surface area contributed by atoms with Crippen molar-refractivity contribution >= 4 is 0 Å². The van der Waals surface area contributed by atoms with Crippen molar-refractivity contribution in [2.75, 3.05) is 0 Å². The van der Waals surface area contributed by atoms with E-state index in [-0.39, 0.29) is 5.43 Å². The Bertz CT molecular complexity index is 502. The van der Waals surface area contributed by atoms with E-state index < -0.39 is 0 Å². The average Bonchev–Trinajstić information content (AvgIpc) is 2.18. The Balaban J connectivity index is 2.61. The van der Waals surface area contributed by atoms with Crippen LogP contribution < -0.4 is 5.43 Å². The number of hydrogen-bond donors (Lipinski definition) is 1. The monoisotopic (exact) mass is 186 g/mol. The second kappa shape index (κ2) is 3.46. The third-order valence-electron chi connectivity index (χ3n) is 2.10. The molecule has 0 saturated heterocycles. The highest BCUT2D eigenvalue weighted by atomic mass is 16.1. The first-order chi connectivity index (χ1) is 6.77. The number of nitrogens with zero attached hydrogens (tertiary/aromatic N) is 1. The fourth-order valence-corrected chi connectivity index (χ4v) is 1.35. The number of rotatable bonds is 1. The third kappa shape index (κ3) is 1.57. The van der Waals surface area contributed by atoms with Crippen molar-refractivity contribution in [1.29, 1.82) is 0 Å². The molecular formula is C11H10N2O. The van der Waals surface area contributed by atoms with Crippen molar-refractivity contribution in [2.45, 2.75) is 6.92 Å². The number of aromatic amines is 1. The number of nitrogens with one attached hydrogen (secondary N) is 1. The van der Waals surface area contributed by atoms with Gasteiger partial charge >= 0.3 is 0 Å². The molecule has 3 heteroatoms. The second-order valence-corrected chi connectivity index (χ2v) is 3.13. The van der Waals surface area contributed by atoms with E-state index in [2.05, 4.69) is 9.97 Å². The van der Waals surface area contributed by atoms with Crippen molar-refractivity contribution in [3.8, 4) is 11.3 Å². The normalized spacial score (nSPS) is 10.1. The van der Waals surface area contributed by atoms with Crippen molar-refractivity contribution in [2.24, 2.45) is 0 Å². The van der Waals surface area contributed by atoms with Gasteiger partial charge in [-0.15, -0.1) is 0 Å². The van der Waals surface area contributed by atoms with E-state index in [1.165, 1.54) is 6.07 Å². The number of pyridine rings is 2. The molecule has 0 unspecified atom stereocenters. The van der Waals surface area contributed by atoms with Gasteiger partial charge in [0.05, 0.1) is 5.69 Å². The van der Waals surface area contributed by atoms with Crippen LogP contribution in [0.25, 0.3) is 11.3 Å². The highest BCUT2D eigenvalue weighted by molar-refractivity contribution is 5.61. The fraction of sp³-hybridized carbons (Fsp3) is 0.0909. The lowest BCUT2D eigenvalue weighted by atomic mass is 10.1. The molecule has 70 valence electrons. The summed E-state index contributed by atoms with van der Waals surface area (Å²) in [5.41, 5.74) is 2.87. The molecule has 1 N–H and O–H groups in total. The molecule has 0 aliphatic rings. The Kier molecular flexibility index (Phi) is 2.14. The van der Waals surface area contributed by atoms with Crippen molar-refractivity contribution in [1.82, 2.24) is 9.97 Å². The van der Waals surface area contributed by atoms with Gasteiger partial charge in [-0.3, -0.25) is 9.78 Å². The number of hydrogen-bond acceptors (Lipinski definition) is 2. The topological polar surface area (TPSA) is 45.8 Å². The Morgan fingerprint density at radius 3 is 2.93 bits per heavy atom. The first-order valence-corrected chi connectivity index (χ1v) is 4.37. The summed E-state index contributed by atoms with van der Waals surface area (Å²) >= 11 is 0. The van der Waals surface area contributed by atoms with Gasteiger partial charge in [-0.25, -0.2) is 0 Å². The predicted octanol–water partition coefficient (Wildman–Crippen LogP) is 1.75. The van der Waals surface area contributed by atoms with E-state index >= 15 is 0 Å². The molecule has 0 aliphatic heterocycles. The molecule has 0 spiro atoms. The van der Waals surface area contributed by atoms with Crippen molar-refractivity contribution in [3.05, 3.63) is 52.6 Å². The highest BCUT2D eigenvalue weighted by Crippen LogP contribution is 2.17. The SMILES string of the molecule is Cc1ccncc1-c1cc(=O)cc[nH]1. The summed E-state index contributed by atoms with van der Waals surface area (Å²) in [6, 6.07) is 4.99. The summed E-state index contributed by atoms with van der Waals surface area (Å²) in [7, 11) is 0. The summed E-state index contributed by atoms with van der Waals surface area (Å²) < 4.78 is 0. The molecule has 0 radical (unpaired) electrons. The largest absolute Gasteiger partial charge is 0.361 e. The van der Waals surface area contributed by atoms with Crippen LogP contribution in [0.3, 0.4) is 0 Å². The first-order valence-electron chi connectivity index (χ1n) is 4.37. The molecule has 0 atom stereocenters. The first kappa shape index (κ1) is 8.69. The van der Waals surface area contributed by atoms with Gasteiger partial charge in [-0.2, -0.15) is 0 Å². The van der Waals surface area contributed by atoms with Crippen LogP contribution in [-0.4, -0.2) is 9.97 Å². The molecular weight excluding hydrogens is 176 g/mol. The molecule has 2 aromatic heterocycles. The summed E-state index contributed by atoms with van der Waals surface area (Å²) in [6.45, 7) is 1.99. The van der Waals surface area contributed by atoms with Gasteiger partial charge in [-0.05, 0) is 18.6 Å². The minimum absolute atomic E-state index is 0.00185. The van der Waals surface area contributed by atoms with Crippen LogP contribution in [0, 0.1) is 6.92 Å². The molecule has 0 bridgehead atoms. The van der Waals surface area contributed by atoms with Gasteiger partial charge in [0.1, 0.15) is 0 Å². The maximum atomic E-state index is 11.1. The van der Waals surface area contributed by atoms with E-state index in [0.717, 1.165) is 16.8 Å². The molecule has 3 nitrogen and oxygen atoms in total. The maximum absolute atomic E-state index is 11.1. The smallest absolute Gasteiger partial charge is 0.182 e. The van der Waals surface area contributed by atoms with E-state index in [9.17, 15) is 4.79 Å². The minimum atomic E-state index is 0.00185. The van der Waals surface area contributed by atoms with Crippen molar-refractivity contribution in [3.63, 3.8) is 0 Å². The molecule has 0 aromatic carbocycles. The van der Waals surface area contributed by atoms with Crippen molar-refractivity contribution < 1.29 is 0 Å². The zero-order valence-electron chi connectivity index (χ0n) is 7.82. The fourth-order valence-electron chi connectivity index (χ4n) is 1.35. The van der Waals surface area contributed by atoms with E-state index in [1.54, 1.807) is 24.7 Å². The molecule has 2 aromatic rings. The van der Waals surface area contributed by atoms with Crippen LogP contribution in [0.1, 0.15) is 5.56 Å². The van der Waals surface area contributed by atoms with Gasteiger partial charge in [0.2, 0.25) is 0 Å². The summed E-state index contributed by atoms with van der Waals surface area (Å²) in [6.07, 6.45) is 5.13. The Labute approximate surface area is 81.5 Å². The van der Waals surface area contributed by atoms with Gasteiger partial charge in [0.25, 0.3) is 0 Å². The standard InChI is InChI=1S/C11H10N2O/c1-8-2-4-12-7-10(8)11-6-9(14)3-5-13-11/h2-7H,1H3,(H,13,14). The van der Waals surface area contributed by atoms with Crippen LogP contribution in [0.5, 0.6) is 0 Å². The molecule has 0 amide bonds. The number of aryl methyl sites for hydroxylation is 1. The molecule has 0 aliphatic carbocycles. The lowest BCUT2D eigenvalue weighted by Gasteiger charge is -2.03. The zero-order valence-corrected chi connectivity index (χ0v) is 7.82. The lowest BCUT2D eigenvalue weighted by Crippen LogP contribution is -1.99. The second-order valence-electron chi connectivity index (χ2n) is 3.13. The Morgan fingerprint density at radius 2 is 2.21 bits per heavy atom. The summed E-state index contributed by atoms with van der Waals surface area (Å²) in [5.74, 6) is 0. The van der Waals surface area contributed by atoms with Crippen LogP contribution >= 0.6 is 0 Å². The van der Waals surface area contributed by atoms with Gasteiger partial charge in [0, 0.05) is 36.3 Å². The number of aromatic nitrogens is 2. The average molecular weight is 186 g/mol. The molecule has 0 fully saturated rings. The van der Waals surface area contributed by atoms with Gasteiger partial charge in [0.15, 0.2) is 5.43 Å². The van der Waals surface area contributed by atoms with E-state index in [4.69, 9.17) is 0 Å². The van der Waals surface area contributed by atoms with Crippen LogP contribution in [-0.2, 0) is 0 Å². The maximum Gasteiger partial charge on any atom is 0.182 e. The van der Waals surface area contributed by atoms with Gasteiger partial charge in [-0.1, -0.05) is 0 Å². The zero-order chi connectivity index (χ0) is 9.97. The number of H-pyrrole nitrogens is 1. The third-order valence-corrected chi connectivity index (χ3v) is 2.10. The Hall–Kier alpha value is -1.90. The summed E-state index contributed by atoms with van der Waals surface area (Å²) in [4.78, 5) is 18.2. The summed E-state index contributed by atoms with van der Waals surface area (Å²) in [5, 5.41) is 0. The lowest BCUT2D eigenvalue weighted by molar-refractivity contribution is 1.24. The Morgan fingerprint density at radius 1 is 1.36 bits per heavy atom. The van der Waals surface area contributed by atoms with Crippen LogP contribution in [0.2, 0.25) is 0 Å². The van der Waals surface area contributed by atoms with E-state index in [0.29, 0.717) is 0 Å². The van der Waals surface area contributed by atoms with Crippen LogP contribution in [0.4, 0.5) is 0 Å².